The number of nitrogens with zero attached hydrogens (tertiary/aromatic N) is 1. The number of halogens is 1. The van der Waals surface area contributed by atoms with Crippen LogP contribution < -0.4 is 5.32 Å². The SMILES string of the molecule is CCN(CC)CCCNC(=O)CCCCCl. The van der Waals surface area contributed by atoms with Gasteiger partial charge in [0.1, 0.15) is 0 Å². The fourth-order valence-corrected chi connectivity index (χ4v) is 1.73. The van der Waals surface area contributed by atoms with Crippen LogP contribution in [0.2, 0.25) is 0 Å². The smallest absolute Gasteiger partial charge is 0.219 e. The Morgan fingerprint density at radius 3 is 2.44 bits per heavy atom. The van der Waals surface area contributed by atoms with Gasteiger partial charge in [-0.1, -0.05) is 13.8 Å². The summed E-state index contributed by atoms with van der Waals surface area (Å²) >= 11 is 5.54. The molecule has 0 atom stereocenters. The van der Waals surface area contributed by atoms with Crippen molar-refractivity contribution in [2.45, 2.75) is 39.5 Å². The Kier molecular flexibility index (Phi) is 11.0. The highest BCUT2D eigenvalue weighted by molar-refractivity contribution is 6.17. The number of carbonyl (C=O) groups excluding carboxylic acids is 1. The van der Waals surface area contributed by atoms with Crippen LogP contribution in [0.1, 0.15) is 39.5 Å². The van der Waals surface area contributed by atoms with E-state index in [0.717, 1.165) is 45.4 Å². The molecule has 0 saturated carbocycles. The van der Waals surface area contributed by atoms with Crippen molar-refractivity contribution in [1.82, 2.24) is 10.2 Å². The Balaban J connectivity index is 3.33. The van der Waals surface area contributed by atoms with Crippen molar-refractivity contribution in [3.8, 4) is 0 Å². The quantitative estimate of drug-likeness (QED) is 0.475. The molecular formula is C12H25ClN2O. The first-order valence-corrected chi connectivity index (χ1v) is 6.83. The Labute approximate surface area is 105 Å². The molecule has 0 saturated heterocycles. The van der Waals surface area contributed by atoms with Crippen molar-refractivity contribution in [3.63, 3.8) is 0 Å². The van der Waals surface area contributed by atoms with E-state index in [9.17, 15) is 4.79 Å². The molecule has 0 radical (unpaired) electrons. The van der Waals surface area contributed by atoms with Crippen LogP contribution in [0.5, 0.6) is 0 Å². The van der Waals surface area contributed by atoms with Crippen LogP contribution in [-0.2, 0) is 4.79 Å². The van der Waals surface area contributed by atoms with Crippen molar-refractivity contribution >= 4 is 17.5 Å². The lowest BCUT2D eigenvalue weighted by Gasteiger charge is -2.17. The van der Waals surface area contributed by atoms with E-state index in [1.54, 1.807) is 0 Å². The summed E-state index contributed by atoms with van der Waals surface area (Å²) < 4.78 is 0. The normalized spacial score (nSPS) is 10.8. The number of rotatable bonds is 10. The molecule has 0 aliphatic rings. The number of nitrogens with one attached hydrogen (secondary N) is 1. The van der Waals surface area contributed by atoms with Gasteiger partial charge in [0.2, 0.25) is 5.91 Å². The first kappa shape index (κ1) is 15.7. The predicted octanol–water partition coefficient (Wildman–Crippen LogP) is 2.24. The molecular weight excluding hydrogens is 224 g/mol. The largest absolute Gasteiger partial charge is 0.356 e. The molecule has 4 heteroatoms. The minimum Gasteiger partial charge on any atom is -0.356 e. The van der Waals surface area contributed by atoms with Gasteiger partial charge in [0.25, 0.3) is 0 Å². The van der Waals surface area contributed by atoms with E-state index in [0.29, 0.717) is 12.3 Å². The van der Waals surface area contributed by atoms with E-state index in [1.807, 2.05) is 0 Å². The highest BCUT2D eigenvalue weighted by Crippen LogP contribution is 1.97. The lowest BCUT2D eigenvalue weighted by Crippen LogP contribution is -2.29. The molecule has 0 aromatic heterocycles. The zero-order valence-corrected chi connectivity index (χ0v) is 11.4. The van der Waals surface area contributed by atoms with E-state index >= 15 is 0 Å². The number of hydrogen-bond donors (Lipinski definition) is 1. The van der Waals surface area contributed by atoms with Crippen LogP contribution in [0.25, 0.3) is 0 Å². The van der Waals surface area contributed by atoms with Gasteiger partial charge in [-0.15, -0.1) is 11.6 Å². The van der Waals surface area contributed by atoms with E-state index in [4.69, 9.17) is 11.6 Å². The molecule has 1 N–H and O–H groups in total. The first-order chi connectivity index (χ1) is 7.74. The van der Waals surface area contributed by atoms with E-state index in [1.165, 1.54) is 0 Å². The lowest BCUT2D eigenvalue weighted by molar-refractivity contribution is -0.121. The fourth-order valence-electron chi connectivity index (χ4n) is 1.54. The molecule has 16 heavy (non-hydrogen) atoms. The molecule has 0 aromatic rings. The second-order valence-electron chi connectivity index (χ2n) is 3.88. The summed E-state index contributed by atoms with van der Waals surface area (Å²) in [6.45, 7) is 8.34. The fraction of sp³-hybridized carbons (Fsp3) is 0.917. The number of hydrogen-bond acceptors (Lipinski definition) is 2. The molecule has 0 bridgehead atoms. The maximum absolute atomic E-state index is 11.3. The van der Waals surface area contributed by atoms with E-state index in [2.05, 4.69) is 24.1 Å². The van der Waals surface area contributed by atoms with Crippen molar-refractivity contribution in [1.29, 1.82) is 0 Å². The van der Waals surface area contributed by atoms with Crippen LogP contribution in [0.3, 0.4) is 0 Å². The first-order valence-electron chi connectivity index (χ1n) is 6.29. The van der Waals surface area contributed by atoms with Gasteiger partial charge in [-0.3, -0.25) is 4.79 Å². The highest BCUT2D eigenvalue weighted by atomic mass is 35.5. The number of alkyl halides is 1. The summed E-state index contributed by atoms with van der Waals surface area (Å²) in [6.07, 6.45) is 3.46. The summed E-state index contributed by atoms with van der Waals surface area (Å²) in [7, 11) is 0. The van der Waals surface area contributed by atoms with Gasteiger partial charge in [0.15, 0.2) is 0 Å². The average Bonchev–Trinajstić information content (AvgIpc) is 2.30. The predicted molar refractivity (Wildman–Crippen MR) is 70.0 cm³/mol. The lowest BCUT2D eigenvalue weighted by atomic mass is 10.2. The Bertz CT molecular complexity index is 172. The molecule has 0 heterocycles. The van der Waals surface area contributed by atoms with Crippen LogP contribution >= 0.6 is 11.6 Å². The summed E-state index contributed by atoms with van der Waals surface area (Å²) in [5.41, 5.74) is 0. The molecule has 0 fully saturated rings. The van der Waals surface area contributed by atoms with Crippen LogP contribution in [-0.4, -0.2) is 42.9 Å². The topological polar surface area (TPSA) is 32.3 Å². The van der Waals surface area contributed by atoms with Gasteiger partial charge in [-0.25, -0.2) is 0 Å². The number of unbranched alkanes of at least 4 members (excludes halogenated alkanes) is 1. The third kappa shape index (κ3) is 8.98. The van der Waals surface area contributed by atoms with Crippen molar-refractivity contribution in [2.24, 2.45) is 0 Å². The maximum Gasteiger partial charge on any atom is 0.219 e. The van der Waals surface area contributed by atoms with Crippen LogP contribution in [0, 0.1) is 0 Å². The monoisotopic (exact) mass is 248 g/mol. The van der Waals surface area contributed by atoms with Gasteiger partial charge < -0.3 is 10.2 Å². The summed E-state index contributed by atoms with van der Waals surface area (Å²) in [4.78, 5) is 13.7. The molecule has 3 nitrogen and oxygen atoms in total. The molecule has 96 valence electrons. The number of carbonyl (C=O) groups is 1. The zero-order valence-electron chi connectivity index (χ0n) is 10.6. The summed E-state index contributed by atoms with van der Waals surface area (Å²) in [5, 5.41) is 2.94. The van der Waals surface area contributed by atoms with Gasteiger partial charge in [-0.05, 0) is 38.9 Å². The van der Waals surface area contributed by atoms with Gasteiger partial charge in [0.05, 0.1) is 0 Å². The minimum atomic E-state index is 0.157. The van der Waals surface area contributed by atoms with Gasteiger partial charge >= 0.3 is 0 Å². The molecule has 0 rings (SSSR count). The molecule has 0 aliphatic heterocycles. The summed E-state index contributed by atoms with van der Waals surface area (Å²) in [6, 6.07) is 0. The van der Waals surface area contributed by atoms with E-state index in [-0.39, 0.29) is 5.91 Å². The Morgan fingerprint density at radius 2 is 1.88 bits per heavy atom. The van der Waals surface area contributed by atoms with Crippen molar-refractivity contribution in [2.75, 3.05) is 32.1 Å². The standard InChI is InChI=1S/C12H25ClN2O/c1-3-15(4-2)11-7-10-14-12(16)8-5-6-9-13/h3-11H2,1-2H3,(H,14,16). The Hall–Kier alpha value is -0.280. The van der Waals surface area contributed by atoms with Crippen molar-refractivity contribution < 1.29 is 4.79 Å². The second kappa shape index (κ2) is 11.2. The molecule has 1 amide bonds. The van der Waals surface area contributed by atoms with Crippen LogP contribution in [0.15, 0.2) is 0 Å². The van der Waals surface area contributed by atoms with Crippen LogP contribution in [0.4, 0.5) is 0 Å². The van der Waals surface area contributed by atoms with Gasteiger partial charge in [-0.2, -0.15) is 0 Å². The third-order valence-corrected chi connectivity index (χ3v) is 2.92. The molecule has 0 spiro atoms. The average molecular weight is 249 g/mol. The minimum absolute atomic E-state index is 0.157. The molecule has 0 aromatic carbocycles. The molecule has 0 aliphatic carbocycles. The second-order valence-corrected chi connectivity index (χ2v) is 4.25. The summed E-state index contributed by atoms with van der Waals surface area (Å²) in [5.74, 6) is 0.805. The molecule has 0 unspecified atom stereocenters. The number of amides is 1. The third-order valence-electron chi connectivity index (χ3n) is 2.66. The Morgan fingerprint density at radius 1 is 1.19 bits per heavy atom. The van der Waals surface area contributed by atoms with E-state index < -0.39 is 0 Å². The maximum atomic E-state index is 11.3. The van der Waals surface area contributed by atoms with Crippen molar-refractivity contribution in [3.05, 3.63) is 0 Å². The highest BCUT2D eigenvalue weighted by Gasteiger charge is 2.01. The zero-order chi connectivity index (χ0) is 12.2. The van der Waals surface area contributed by atoms with Gasteiger partial charge in [0, 0.05) is 18.8 Å².